The van der Waals surface area contributed by atoms with Gasteiger partial charge in [-0.3, -0.25) is 0 Å². The van der Waals surface area contributed by atoms with E-state index in [0.29, 0.717) is 0 Å². The van der Waals surface area contributed by atoms with E-state index >= 15 is 0 Å². The van der Waals surface area contributed by atoms with Crippen molar-refractivity contribution in [2.45, 2.75) is 77.8 Å². The van der Waals surface area contributed by atoms with Crippen LogP contribution < -0.4 is 5.32 Å². The van der Waals surface area contributed by atoms with Crippen LogP contribution >= 0.6 is 0 Å². The van der Waals surface area contributed by atoms with Crippen molar-refractivity contribution in [2.24, 2.45) is 17.8 Å². The highest BCUT2D eigenvalue weighted by atomic mass is 15.0. The van der Waals surface area contributed by atoms with Gasteiger partial charge in [-0.1, -0.05) is 33.6 Å². The third-order valence-electron chi connectivity index (χ3n) is 5.01. The molecule has 5 atom stereocenters. The average molecular weight is 223 g/mol. The van der Waals surface area contributed by atoms with Gasteiger partial charge in [0.05, 0.1) is 0 Å². The van der Waals surface area contributed by atoms with E-state index in [1.807, 2.05) is 0 Å². The minimum atomic E-state index is 0.821. The molecule has 0 amide bonds. The number of rotatable bonds is 2. The Kier molecular flexibility index (Phi) is 4.29. The first kappa shape index (κ1) is 12.4. The molecule has 2 fully saturated rings. The second-order valence-corrected chi connectivity index (χ2v) is 6.60. The van der Waals surface area contributed by atoms with Crippen LogP contribution in [0.5, 0.6) is 0 Å². The van der Waals surface area contributed by atoms with Crippen molar-refractivity contribution < 1.29 is 0 Å². The predicted octanol–water partition coefficient (Wildman–Crippen LogP) is 3.98. The van der Waals surface area contributed by atoms with Crippen LogP contribution in [0.25, 0.3) is 0 Å². The van der Waals surface area contributed by atoms with E-state index in [1.165, 1.54) is 44.9 Å². The minimum absolute atomic E-state index is 0.821. The fraction of sp³-hybridized carbons (Fsp3) is 1.00. The molecule has 0 saturated heterocycles. The van der Waals surface area contributed by atoms with Crippen molar-refractivity contribution in [3.63, 3.8) is 0 Å². The van der Waals surface area contributed by atoms with Gasteiger partial charge >= 0.3 is 0 Å². The summed E-state index contributed by atoms with van der Waals surface area (Å²) in [6.07, 6.45) is 9.99. The van der Waals surface area contributed by atoms with E-state index in [4.69, 9.17) is 0 Å². The van der Waals surface area contributed by atoms with Gasteiger partial charge in [-0.25, -0.2) is 0 Å². The van der Waals surface area contributed by atoms with Gasteiger partial charge in [0, 0.05) is 12.1 Å². The monoisotopic (exact) mass is 223 g/mol. The van der Waals surface area contributed by atoms with E-state index in [2.05, 4.69) is 26.1 Å². The molecule has 0 bridgehead atoms. The number of hydrogen-bond donors (Lipinski definition) is 1. The Hall–Kier alpha value is -0.0400. The zero-order chi connectivity index (χ0) is 11.5. The van der Waals surface area contributed by atoms with E-state index in [1.54, 1.807) is 0 Å². The second kappa shape index (κ2) is 5.53. The maximum atomic E-state index is 3.94. The molecule has 1 N–H and O–H groups in total. The van der Waals surface area contributed by atoms with Crippen LogP contribution in [0.1, 0.15) is 65.7 Å². The molecule has 0 radical (unpaired) electrons. The van der Waals surface area contributed by atoms with Gasteiger partial charge in [-0.2, -0.15) is 0 Å². The van der Waals surface area contributed by atoms with E-state index in [0.717, 1.165) is 29.8 Å². The molecule has 16 heavy (non-hydrogen) atoms. The van der Waals surface area contributed by atoms with Crippen LogP contribution in [0, 0.1) is 17.8 Å². The molecule has 0 aromatic heterocycles. The Labute approximate surface area is 101 Å². The first-order valence-electron chi connectivity index (χ1n) is 7.41. The lowest BCUT2D eigenvalue weighted by Gasteiger charge is -2.37. The zero-order valence-electron chi connectivity index (χ0n) is 11.3. The lowest BCUT2D eigenvalue weighted by atomic mass is 9.78. The highest BCUT2D eigenvalue weighted by Gasteiger charge is 2.27. The second-order valence-electron chi connectivity index (χ2n) is 6.60. The topological polar surface area (TPSA) is 12.0 Å². The molecule has 0 heterocycles. The molecule has 1 nitrogen and oxygen atoms in total. The van der Waals surface area contributed by atoms with Crippen molar-refractivity contribution in [3.05, 3.63) is 0 Å². The maximum absolute atomic E-state index is 3.94. The summed E-state index contributed by atoms with van der Waals surface area (Å²) in [4.78, 5) is 0. The molecule has 5 unspecified atom stereocenters. The van der Waals surface area contributed by atoms with Gasteiger partial charge in [-0.15, -0.1) is 0 Å². The van der Waals surface area contributed by atoms with Crippen molar-refractivity contribution in [1.82, 2.24) is 5.32 Å². The van der Waals surface area contributed by atoms with Crippen molar-refractivity contribution in [3.8, 4) is 0 Å². The van der Waals surface area contributed by atoms with Gasteiger partial charge in [0.25, 0.3) is 0 Å². The fourth-order valence-corrected chi connectivity index (χ4v) is 3.62. The van der Waals surface area contributed by atoms with Crippen LogP contribution in [0.3, 0.4) is 0 Å². The Bertz CT molecular complexity index is 213. The van der Waals surface area contributed by atoms with E-state index in [9.17, 15) is 0 Å². The quantitative estimate of drug-likeness (QED) is 0.746. The van der Waals surface area contributed by atoms with Gasteiger partial charge in [0.15, 0.2) is 0 Å². The summed E-state index contributed by atoms with van der Waals surface area (Å²) in [5.74, 6) is 2.82. The van der Waals surface area contributed by atoms with Crippen LogP contribution in [0.15, 0.2) is 0 Å². The molecule has 1 heteroatoms. The number of hydrogen-bond acceptors (Lipinski definition) is 1. The summed E-state index contributed by atoms with van der Waals surface area (Å²) < 4.78 is 0. The first-order valence-corrected chi connectivity index (χ1v) is 7.41. The first-order chi connectivity index (χ1) is 7.65. The van der Waals surface area contributed by atoms with Crippen molar-refractivity contribution in [1.29, 1.82) is 0 Å². The van der Waals surface area contributed by atoms with Gasteiger partial charge < -0.3 is 5.32 Å². The lowest BCUT2D eigenvalue weighted by Crippen LogP contribution is -2.44. The Balaban J connectivity index is 1.76. The average Bonchev–Trinajstić information content (AvgIpc) is 2.24. The van der Waals surface area contributed by atoms with Crippen LogP contribution in [-0.4, -0.2) is 12.1 Å². The molecule has 2 aliphatic carbocycles. The third kappa shape index (κ3) is 3.23. The zero-order valence-corrected chi connectivity index (χ0v) is 11.3. The molecule has 2 aliphatic rings. The predicted molar refractivity (Wildman–Crippen MR) is 70.5 cm³/mol. The third-order valence-corrected chi connectivity index (χ3v) is 5.01. The summed E-state index contributed by atoms with van der Waals surface area (Å²) in [6.45, 7) is 7.27. The summed E-state index contributed by atoms with van der Waals surface area (Å²) in [7, 11) is 0. The molecule has 0 aromatic rings. The van der Waals surface area contributed by atoms with Crippen LogP contribution in [-0.2, 0) is 0 Å². The molecule has 2 rings (SSSR count). The number of nitrogens with one attached hydrogen (secondary N) is 1. The summed E-state index contributed by atoms with van der Waals surface area (Å²) in [6, 6.07) is 1.65. The van der Waals surface area contributed by atoms with E-state index < -0.39 is 0 Å². The van der Waals surface area contributed by atoms with Crippen molar-refractivity contribution in [2.75, 3.05) is 0 Å². The van der Waals surface area contributed by atoms with Crippen LogP contribution in [0.2, 0.25) is 0 Å². The lowest BCUT2D eigenvalue weighted by molar-refractivity contribution is 0.193. The smallest absolute Gasteiger partial charge is 0.00723 e. The standard InChI is InChI=1S/C15H29N/c1-11-5-4-6-14(9-11)16-15-8-7-12(2)13(3)10-15/h11-16H,4-10H2,1-3H3. The SMILES string of the molecule is CC1CCCC(NC2CCC(C)C(C)C2)C1. The Morgan fingerprint density at radius 1 is 0.750 bits per heavy atom. The molecule has 2 saturated carbocycles. The molecule has 0 aliphatic heterocycles. The highest BCUT2D eigenvalue weighted by molar-refractivity contribution is 4.84. The highest BCUT2D eigenvalue weighted by Crippen LogP contribution is 2.31. The minimum Gasteiger partial charge on any atom is -0.311 e. The molecular weight excluding hydrogens is 194 g/mol. The maximum Gasteiger partial charge on any atom is 0.00723 e. The Morgan fingerprint density at radius 2 is 1.50 bits per heavy atom. The molecule has 94 valence electrons. The van der Waals surface area contributed by atoms with Crippen molar-refractivity contribution >= 4 is 0 Å². The van der Waals surface area contributed by atoms with Crippen LogP contribution in [0.4, 0.5) is 0 Å². The summed E-state index contributed by atoms with van der Waals surface area (Å²) >= 11 is 0. The molecule has 0 aromatic carbocycles. The molecular formula is C15H29N. The summed E-state index contributed by atoms with van der Waals surface area (Å²) in [5.41, 5.74) is 0. The van der Waals surface area contributed by atoms with Gasteiger partial charge in [0.2, 0.25) is 0 Å². The Morgan fingerprint density at radius 3 is 2.19 bits per heavy atom. The fourth-order valence-electron chi connectivity index (χ4n) is 3.62. The largest absolute Gasteiger partial charge is 0.311 e. The van der Waals surface area contributed by atoms with Gasteiger partial charge in [0.1, 0.15) is 0 Å². The molecule has 0 spiro atoms. The normalized spacial score (nSPS) is 45.6. The summed E-state index contributed by atoms with van der Waals surface area (Å²) in [5, 5.41) is 3.94. The van der Waals surface area contributed by atoms with Gasteiger partial charge in [-0.05, 0) is 49.9 Å². The van der Waals surface area contributed by atoms with E-state index in [-0.39, 0.29) is 0 Å².